The minimum Gasteiger partial charge on any atom is -0.497 e. The van der Waals surface area contributed by atoms with Gasteiger partial charge in [0.2, 0.25) is 0 Å². The Morgan fingerprint density at radius 3 is 1.96 bits per heavy atom. The van der Waals surface area contributed by atoms with Gasteiger partial charge in [0, 0.05) is 11.0 Å². The van der Waals surface area contributed by atoms with Crippen molar-refractivity contribution in [1.29, 1.82) is 0 Å². The number of rotatable bonds is 5. The molecule has 2 aromatic rings. The van der Waals surface area contributed by atoms with Crippen LogP contribution in [-0.4, -0.2) is 38.3 Å². The van der Waals surface area contributed by atoms with E-state index in [1.54, 1.807) is 31.4 Å². The molecule has 0 unspecified atom stereocenters. The highest BCUT2D eigenvalue weighted by atomic mass is 16.7. The highest BCUT2D eigenvalue weighted by Gasteiger charge is 2.52. The summed E-state index contributed by atoms with van der Waals surface area (Å²) in [5.74, 6) is 0.842. The molecule has 0 spiro atoms. The molecule has 0 bridgehead atoms. The van der Waals surface area contributed by atoms with Crippen molar-refractivity contribution in [3.05, 3.63) is 53.6 Å². The molecule has 0 saturated carbocycles. The minimum absolute atomic E-state index is 0.133. The predicted octanol–water partition coefficient (Wildman–Crippen LogP) is 3.23. The summed E-state index contributed by atoms with van der Waals surface area (Å²) >= 11 is 0. The standard InChI is InChI=1S/C21H25BO5/c1-20(2)21(3,4)27-22(26-20)16-13-17(24-5)15(12-18(16)25-6)19(23)14-10-8-7-9-11-14/h7-13H,1-6H3. The predicted molar refractivity (Wildman–Crippen MR) is 105 cm³/mol. The molecule has 1 saturated heterocycles. The van der Waals surface area contributed by atoms with E-state index in [0.29, 0.717) is 28.1 Å². The lowest BCUT2D eigenvalue weighted by atomic mass is 9.77. The van der Waals surface area contributed by atoms with Gasteiger partial charge < -0.3 is 18.8 Å². The zero-order valence-corrected chi connectivity index (χ0v) is 16.7. The maximum atomic E-state index is 12.9. The Hall–Kier alpha value is -2.31. The fourth-order valence-electron chi connectivity index (χ4n) is 3.00. The van der Waals surface area contributed by atoms with Crippen molar-refractivity contribution < 1.29 is 23.6 Å². The molecule has 27 heavy (non-hydrogen) atoms. The molecular formula is C21H25BO5. The van der Waals surface area contributed by atoms with Gasteiger partial charge in [-0.05, 0) is 39.8 Å². The van der Waals surface area contributed by atoms with Gasteiger partial charge >= 0.3 is 7.12 Å². The van der Waals surface area contributed by atoms with Gasteiger partial charge in [0.15, 0.2) is 5.78 Å². The summed E-state index contributed by atoms with van der Waals surface area (Å²) in [5, 5.41) is 0. The van der Waals surface area contributed by atoms with Crippen LogP contribution >= 0.6 is 0 Å². The highest BCUT2D eigenvalue weighted by molar-refractivity contribution is 6.63. The number of methoxy groups -OCH3 is 2. The smallest absolute Gasteiger partial charge is 0.497 e. The van der Waals surface area contributed by atoms with Crippen LogP contribution in [0.15, 0.2) is 42.5 Å². The Bertz CT molecular complexity index is 829. The molecule has 0 atom stereocenters. The van der Waals surface area contributed by atoms with Gasteiger partial charge in [-0.15, -0.1) is 0 Å². The first-order valence-electron chi connectivity index (χ1n) is 8.91. The van der Waals surface area contributed by atoms with E-state index in [9.17, 15) is 4.79 Å². The third-order valence-electron chi connectivity index (χ3n) is 5.34. The zero-order chi connectivity index (χ0) is 19.8. The van der Waals surface area contributed by atoms with E-state index >= 15 is 0 Å². The summed E-state index contributed by atoms with van der Waals surface area (Å²) in [4.78, 5) is 12.9. The molecule has 0 amide bonds. The maximum absolute atomic E-state index is 12.9. The third kappa shape index (κ3) is 3.47. The molecule has 3 rings (SSSR count). The Labute approximate surface area is 160 Å². The summed E-state index contributed by atoms with van der Waals surface area (Å²) in [6.07, 6.45) is 0. The molecule has 5 nitrogen and oxygen atoms in total. The maximum Gasteiger partial charge on any atom is 0.498 e. The number of carbonyl (C=O) groups is 1. The average Bonchev–Trinajstić information content (AvgIpc) is 2.88. The van der Waals surface area contributed by atoms with E-state index < -0.39 is 18.3 Å². The number of ether oxygens (including phenoxy) is 2. The van der Waals surface area contributed by atoms with Crippen LogP contribution in [0.4, 0.5) is 0 Å². The zero-order valence-electron chi connectivity index (χ0n) is 16.7. The minimum atomic E-state index is -0.611. The molecule has 1 aliphatic heterocycles. The first-order valence-corrected chi connectivity index (χ1v) is 8.91. The summed E-state index contributed by atoms with van der Waals surface area (Å²) in [7, 11) is 2.49. The van der Waals surface area contributed by atoms with Crippen LogP contribution in [-0.2, 0) is 9.31 Å². The van der Waals surface area contributed by atoms with Crippen LogP contribution in [0, 0.1) is 0 Å². The van der Waals surface area contributed by atoms with Crippen molar-refractivity contribution in [1.82, 2.24) is 0 Å². The third-order valence-corrected chi connectivity index (χ3v) is 5.34. The molecule has 1 aliphatic rings. The van der Waals surface area contributed by atoms with E-state index in [4.69, 9.17) is 18.8 Å². The number of carbonyl (C=O) groups excluding carboxylic acids is 1. The molecule has 0 aliphatic carbocycles. The van der Waals surface area contributed by atoms with Gasteiger partial charge in [0.1, 0.15) is 11.5 Å². The second-order valence-corrected chi connectivity index (χ2v) is 7.58. The lowest BCUT2D eigenvalue weighted by molar-refractivity contribution is 0.00578. The lowest BCUT2D eigenvalue weighted by Gasteiger charge is -2.32. The van der Waals surface area contributed by atoms with E-state index in [0.717, 1.165) is 0 Å². The summed E-state index contributed by atoms with van der Waals surface area (Å²) in [6, 6.07) is 12.5. The molecule has 1 heterocycles. The molecule has 2 aromatic carbocycles. The number of hydrogen-bond donors (Lipinski definition) is 0. The highest BCUT2D eigenvalue weighted by Crippen LogP contribution is 2.38. The molecule has 6 heteroatoms. The lowest BCUT2D eigenvalue weighted by Crippen LogP contribution is -2.41. The fraction of sp³-hybridized carbons (Fsp3) is 0.381. The van der Waals surface area contributed by atoms with Gasteiger partial charge in [-0.2, -0.15) is 0 Å². The molecule has 142 valence electrons. The second-order valence-electron chi connectivity index (χ2n) is 7.58. The largest absolute Gasteiger partial charge is 0.498 e. The number of benzene rings is 2. The van der Waals surface area contributed by atoms with Gasteiger partial charge in [-0.1, -0.05) is 30.3 Å². The monoisotopic (exact) mass is 368 g/mol. The van der Waals surface area contributed by atoms with Crippen LogP contribution in [0.3, 0.4) is 0 Å². The molecule has 1 fully saturated rings. The van der Waals surface area contributed by atoms with Gasteiger partial charge in [0.25, 0.3) is 0 Å². The van der Waals surface area contributed by atoms with Gasteiger partial charge in [-0.3, -0.25) is 4.79 Å². The van der Waals surface area contributed by atoms with Crippen LogP contribution in [0.2, 0.25) is 0 Å². The first-order chi connectivity index (χ1) is 12.7. The van der Waals surface area contributed by atoms with Crippen molar-refractivity contribution in [2.75, 3.05) is 14.2 Å². The van der Waals surface area contributed by atoms with Crippen molar-refractivity contribution in [2.24, 2.45) is 0 Å². The van der Waals surface area contributed by atoms with Crippen molar-refractivity contribution >= 4 is 18.4 Å². The van der Waals surface area contributed by atoms with Crippen LogP contribution in [0.25, 0.3) is 0 Å². The van der Waals surface area contributed by atoms with Crippen LogP contribution < -0.4 is 14.9 Å². The SMILES string of the molecule is COc1cc(C(=O)c2ccccc2)c(OC)cc1B1OC(C)(C)C(C)(C)O1. The number of hydrogen-bond acceptors (Lipinski definition) is 5. The summed E-state index contributed by atoms with van der Waals surface area (Å²) < 4.78 is 23.3. The summed E-state index contributed by atoms with van der Waals surface area (Å²) in [5.41, 5.74) is 0.753. The van der Waals surface area contributed by atoms with Crippen LogP contribution in [0.1, 0.15) is 43.6 Å². The fourth-order valence-corrected chi connectivity index (χ4v) is 3.00. The molecular weight excluding hydrogens is 343 g/mol. The summed E-state index contributed by atoms with van der Waals surface area (Å²) in [6.45, 7) is 7.96. The van der Waals surface area contributed by atoms with Gasteiger partial charge in [0.05, 0.1) is 31.0 Å². The average molecular weight is 368 g/mol. The van der Waals surface area contributed by atoms with Crippen LogP contribution in [0.5, 0.6) is 11.5 Å². The van der Waals surface area contributed by atoms with E-state index in [1.807, 2.05) is 45.9 Å². The van der Waals surface area contributed by atoms with Crippen molar-refractivity contribution in [3.8, 4) is 11.5 Å². The molecule has 0 radical (unpaired) electrons. The number of ketones is 1. The Kier molecular flexibility index (Phi) is 5.06. The van der Waals surface area contributed by atoms with Crippen molar-refractivity contribution in [3.63, 3.8) is 0 Å². The second kappa shape index (κ2) is 7.02. The Morgan fingerprint density at radius 2 is 1.44 bits per heavy atom. The normalized spacial score (nSPS) is 17.6. The molecule has 0 aromatic heterocycles. The van der Waals surface area contributed by atoms with Crippen molar-refractivity contribution in [2.45, 2.75) is 38.9 Å². The Morgan fingerprint density at radius 1 is 0.889 bits per heavy atom. The van der Waals surface area contributed by atoms with E-state index in [1.165, 1.54) is 7.11 Å². The quantitative estimate of drug-likeness (QED) is 0.599. The first kappa shape index (κ1) is 19.5. The van der Waals surface area contributed by atoms with Gasteiger partial charge in [-0.25, -0.2) is 0 Å². The van der Waals surface area contributed by atoms with E-state index in [-0.39, 0.29) is 5.78 Å². The van der Waals surface area contributed by atoms with E-state index in [2.05, 4.69) is 0 Å². The molecule has 0 N–H and O–H groups in total. The Balaban J connectivity index is 2.05. The topological polar surface area (TPSA) is 54.0 Å².